The van der Waals surface area contributed by atoms with E-state index in [0.29, 0.717) is 17.7 Å². The van der Waals surface area contributed by atoms with E-state index in [-0.39, 0.29) is 29.7 Å². The monoisotopic (exact) mass is 482 g/mol. The maximum atomic E-state index is 13.3. The van der Waals surface area contributed by atoms with Crippen molar-refractivity contribution in [2.75, 3.05) is 13.7 Å². The number of hydrogen-bond donors (Lipinski definition) is 1. The molecule has 34 heavy (non-hydrogen) atoms. The average Bonchev–Trinajstić information content (AvgIpc) is 2.84. The lowest BCUT2D eigenvalue weighted by atomic mass is 9.94. The van der Waals surface area contributed by atoms with E-state index < -0.39 is 22.0 Å². The molecule has 0 saturated carbocycles. The van der Waals surface area contributed by atoms with Gasteiger partial charge in [0.05, 0.1) is 19.7 Å². The third-order valence-electron chi connectivity index (χ3n) is 5.51. The van der Waals surface area contributed by atoms with Gasteiger partial charge < -0.3 is 14.6 Å². The Morgan fingerprint density at radius 1 is 1.09 bits per heavy atom. The van der Waals surface area contributed by atoms with Crippen molar-refractivity contribution in [3.63, 3.8) is 0 Å². The number of aromatic nitrogens is 1. The van der Waals surface area contributed by atoms with Gasteiger partial charge in [-0.2, -0.15) is 4.31 Å². The third kappa shape index (κ3) is 4.78. The fourth-order valence-corrected chi connectivity index (χ4v) is 5.32. The topological polar surface area (TPSA) is 123 Å². The van der Waals surface area contributed by atoms with Gasteiger partial charge >= 0.3 is 11.9 Å². The van der Waals surface area contributed by atoms with Crippen LogP contribution in [0.3, 0.4) is 0 Å². The number of carboxylic acid groups (broad SMARTS) is 1. The van der Waals surface area contributed by atoms with Gasteiger partial charge in [-0.25, -0.2) is 13.4 Å². The molecule has 1 aliphatic rings. The number of rotatable bonds is 7. The number of ether oxygens (including phenoxy) is 2. The highest BCUT2D eigenvalue weighted by Gasteiger charge is 2.40. The molecular formula is C24H22N2O7S. The second-order valence-corrected chi connectivity index (χ2v) is 9.53. The number of carboxylic acids is 1. The lowest BCUT2D eigenvalue weighted by Crippen LogP contribution is -2.43. The maximum absolute atomic E-state index is 13.3. The molecule has 1 aliphatic heterocycles. The summed E-state index contributed by atoms with van der Waals surface area (Å²) in [4.78, 5) is 27.3. The number of sulfonamides is 1. The minimum Gasteiger partial charge on any atom is -0.480 e. The normalized spacial score (nSPS) is 15.9. The van der Waals surface area contributed by atoms with Crippen LogP contribution in [0.25, 0.3) is 0 Å². The van der Waals surface area contributed by atoms with Crippen molar-refractivity contribution in [2.24, 2.45) is 0 Å². The van der Waals surface area contributed by atoms with Gasteiger partial charge in [0.1, 0.15) is 16.7 Å². The van der Waals surface area contributed by atoms with Gasteiger partial charge in [-0.1, -0.05) is 36.4 Å². The molecule has 0 bridgehead atoms. The number of esters is 1. The summed E-state index contributed by atoms with van der Waals surface area (Å²) in [5.41, 5.74) is 2.04. The van der Waals surface area contributed by atoms with Crippen LogP contribution in [0.4, 0.5) is 0 Å². The van der Waals surface area contributed by atoms with Gasteiger partial charge in [0.2, 0.25) is 15.9 Å². The van der Waals surface area contributed by atoms with Crippen molar-refractivity contribution in [1.29, 1.82) is 0 Å². The predicted molar refractivity (Wildman–Crippen MR) is 121 cm³/mol. The summed E-state index contributed by atoms with van der Waals surface area (Å²) in [6.07, 6.45) is 1.70. The number of benzene rings is 2. The van der Waals surface area contributed by atoms with Gasteiger partial charge in [-0.3, -0.25) is 9.59 Å². The van der Waals surface area contributed by atoms with Crippen LogP contribution in [0, 0.1) is 0 Å². The zero-order chi connectivity index (χ0) is 24.3. The molecule has 10 heteroatoms. The van der Waals surface area contributed by atoms with Gasteiger partial charge in [-0.05, 0) is 41.3 Å². The molecule has 1 N–H and O–H groups in total. The number of aliphatic carboxylic acids is 1. The number of pyridine rings is 1. The summed E-state index contributed by atoms with van der Waals surface area (Å²) in [6, 6.07) is 15.1. The molecular weight excluding hydrogens is 460 g/mol. The molecule has 1 aromatic heterocycles. The average molecular weight is 483 g/mol. The lowest BCUT2D eigenvalue weighted by Gasteiger charge is -2.33. The molecule has 0 fully saturated rings. The standard InChI is InChI=1S/C24H22N2O7S/c1-32-22(27)14-16-6-8-18(9-7-16)33-21-11-10-19(15-25-21)34(30,31)26-13-12-17-4-2-3-5-20(17)23(26)24(28)29/h2-11,15,23H,12-14H2,1H3,(H,28,29). The Bertz CT molecular complexity index is 1310. The summed E-state index contributed by atoms with van der Waals surface area (Å²) in [6.45, 7) is 0.0481. The minimum atomic E-state index is -4.12. The van der Waals surface area contributed by atoms with Crippen molar-refractivity contribution >= 4 is 22.0 Å². The van der Waals surface area contributed by atoms with Crippen LogP contribution >= 0.6 is 0 Å². The van der Waals surface area contributed by atoms with Crippen molar-refractivity contribution in [1.82, 2.24) is 9.29 Å². The van der Waals surface area contributed by atoms with Crippen LogP contribution in [-0.4, -0.2) is 48.4 Å². The van der Waals surface area contributed by atoms with Crippen LogP contribution in [0.5, 0.6) is 11.6 Å². The molecule has 2 aromatic carbocycles. The molecule has 176 valence electrons. The Morgan fingerprint density at radius 3 is 2.47 bits per heavy atom. The molecule has 0 spiro atoms. The second-order valence-electron chi connectivity index (χ2n) is 7.64. The predicted octanol–water partition coefficient (Wildman–Crippen LogP) is 2.96. The SMILES string of the molecule is COC(=O)Cc1ccc(Oc2ccc(S(=O)(=O)N3CCc4ccccc4C3C(=O)O)cn2)cc1. The van der Waals surface area contributed by atoms with Crippen molar-refractivity contribution < 1.29 is 32.6 Å². The quantitative estimate of drug-likeness (QED) is 0.510. The van der Waals surface area contributed by atoms with Gasteiger partial charge in [0.25, 0.3) is 0 Å². The molecule has 0 amide bonds. The van der Waals surface area contributed by atoms with Gasteiger partial charge in [0.15, 0.2) is 0 Å². The fourth-order valence-electron chi connectivity index (χ4n) is 3.81. The molecule has 1 atom stereocenters. The Hall–Kier alpha value is -3.76. The molecule has 9 nitrogen and oxygen atoms in total. The van der Waals surface area contributed by atoms with E-state index in [4.69, 9.17) is 4.74 Å². The van der Waals surface area contributed by atoms with E-state index in [9.17, 15) is 23.1 Å². The largest absolute Gasteiger partial charge is 0.480 e. The highest BCUT2D eigenvalue weighted by Crippen LogP contribution is 2.34. The van der Waals surface area contributed by atoms with E-state index in [1.807, 2.05) is 6.07 Å². The number of carbonyl (C=O) groups is 2. The van der Waals surface area contributed by atoms with E-state index in [0.717, 1.165) is 21.6 Å². The Labute approximate surface area is 196 Å². The molecule has 4 rings (SSSR count). The summed E-state index contributed by atoms with van der Waals surface area (Å²) in [5, 5.41) is 9.79. The first kappa shape index (κ1) is 23.4. The van der Waals surface area contributed by atoms with Crippen LogP contribution in [-0.2, 0) is 37.2 Å². The number of fused-ring (bicyclic) bond motifs is 1. The van der Waals surface area contributed by atoms with Crippen LogP contribution < -0.4 is 4.74 Å². The van der Waals surface area contributed by atoms with Crippen LogP contribution in [0.15, 0.2) is 71.8 Å². The first-order valence-corrected chi connectivity index (χ1v) is 11.9. The smallest absolute Gasteiger partial charge is 0.326 e. The first-order chi connectivity index (χ1) is 16.3. The highest BCUT2D eigenvalue weighted by atomic mass is 32.2. The van der Waals surface area contributed by atoms with Gasteiger partial charge in [0, 0.05) is 12.6 Å². The third-order valence-corrected chi connectivity index (χ3v) is 7.36. The van der Waals surface area contributed by atoms with E-state index in [2.05, 4.69) is 9.72 Å². The second kappa shape index (κ2) is 9.62. The maximum Gasteiger partial charge on any atom is 0.326 e. The molecule has 2 heterocycles. The van der Waals surface area contributed by atoms with E-state index in [1.54, 1.807) is 42.5 Å². The van der Waals surface area contributed by atoms with Crippen LogP contribution in [0.1, 0.15) is 22.7 Å². The number of hydrogen-bond acceptors (Lipinski definition) is 7. The number of methoxy groups -OCH3 is 1. The summed E-state index contributed by atoms with van der Waals surface area (Å²) in [5.74, 6) is -0.970. The van der Waals surface area contributed by atoms with E-state index >= 15 is 0 Å². The molecule has 3 aromatic rings. The summed E-state index contributed by atoms with van der Waals surface area (Å²) >= 11 is 0. The van der Waals surface area contributed by atoms with Crippen molar-refractivity contribution in [3.05, 3.63) is 83.6 Å². The van der Waals surface area contributed by atoms with Crippen molar-refractivity contribution in [2.45, 2.75) is 23.8 Å². The number of carbonyl (C=O) groups excluding carboxylic acids is 1. The minimum absolute atomic E-state index is 0.0481. The van der Waals surface area contributed by atoms with Crippen LogP contribution in [0.2, 0.25) is 0 Å². The summed E-state index contributed by atoms with van der Waals surface area (Å²) < 4.78 is 37.8. The van der Waals surface area contributed by atoms with Crippen molar-refractivity contribution in [3.8, 4) is 11.6 Å². The molecule has 0 saturated heterocycles. The van der Waals surface area contributed by atoms with Gasteiger partial charge in [-0.15, -0.1) is 0 Å². The zero-order valence-electron chi connectivity index (χ0n) is 18.2. The Balaban J connectivity index is 1.52. The molecule has 1 unspecified atom stereocenters. The lowest BCUT2D eigenvalue weighted by molar-refractivity contribution is -0.142. The Kier molecular flexibility index (Phi) is 6.62. The van der Waals surface area contributed by atoms with E-state index in [1.165, 1.54) is 19.2 Å². The Morgan fingerprint density at radius 2 is 1.82 bits per heavy atom. The first-order valence-electron chi connectivity index (χ1n) is 10.4. The molecule has 0 radical (unpaired) electrons. The number of nitrogens with zero attached hydrogens (tertiary/aromatic N) is 2. The highest BCUT2D eigenvalue weighted by molar-refractivity contribution is 7.89. The summed E-state index contributed by atoms with van der Waals surface area (Å²) in [7, 11) is -2.80. The molecule has 0 aliphatic carbocycles. The fraction of sp³-hybridized carbons (Fsp3) is 0.208. The zero-order valence-corrected chi connectivity index (χ0v) is 19.1.